The van der Waals surface area contributed by atoms with Crippen LogP contribution in [0.5, 0.6) is 5.88 Å². The number of methoxy groups -OCH3 is 2. The van der Waals surface area contributed by atoms with E-state index in [-0.39, 0.29) is 25.6 Å². The molecule has 1 unspecified atom stereocenters. The number of ether oxygens (including phenoxy) is 3. The Morgan fingerprint density at radius 3 is 2.59 bits per heavy atom. The Labute approximate surface area is 157 Å². The molecule has 0 fully saturated rings. The highest BCUT2D eigenvalue weighted by Crippen LogP contribution is 2.43. The molecular formula is C17H23N2O7P. The summed E-state index contributed by atoms with van der Waals surface area (Å²) in [5, 5.41) is 0. The Balaban J connectivity index is 1.92. The van der Waals surface area contributed by atoms with Crippen molar-refractivity contribution in [1.29, 1.82) is 0 Å². The monoisotopic (exact) mass is 398 g/mol. The van der Waals surface area contributed by atoms with Gasteiger partial charge >= 0.3 is 13.3 Å². The number of nitrogens with zero attached hydrogens (tertiary/aromatic N) is 2. The van der Waals surface area contributed by atoms with Crippen LogP contribution in [0.1, 0.15) is 5.56 Å². The second kappa shape index (κ2) is 10.3. The van der Waals surface area contributed by atoms with Crippen LogP contribution in [0.2, 0.25) is 0 Å². The van der Waals surface area contributed by atoms with E-state index in [0.29, 0.717) is 0 Å². The number of hydrogen-bond donors (Lipinski definition) is 1. The maximum Gasteiger partial charge on any atom is 0.353 e. The SMILES string of the molecule is COC[C@H](Cn1ccc(OC)nc1=O)OCP(=O)(O)OCc1ccccc1. The first-order valence-electron chi connectivity index (χ1n) is 8.16. The van der Waals surface area contributed by atoms with Crippen molar-refractivity contribution in [2.45, 2.75) is 19.3 Å². The van der Waals surface area contributed by atoms with Crippen LogP contribution in [0.3, 0.4) is 0 Å². The van der Waals surface area contributed by atoms with Crippen molar-refractivity contribution in [1.82, 2.24) is 9.55 Å². The van der Waals surface area contributed by atoms with E-state index in [1.54, 1.807) is 12.1 Å². The first-order chi connectivity index (χ1) is 12.9. The maximum absolute atomic E-state index is 12.2. The molecule has 148 valence electrons. The van der Waals surface area contributed by atoms with Crippen molar-refractivity contribution in [3.8, 4) is 5.88 Å². The van der Waals surface area contributed by atoms with Gasteiger partial charge in [0.15, 0.2) is 0 Å². The van der Waals surface area contributed by atoms with Crippen molar-refractivity contribution in [3.63, 3.8) is 0 Å². The molecule has 0 aliphatic carbocycles. The lowest BCUT2D eigenvalue weighted by Gasteiger charge is -2.20. The van der Waals surface area contributed by atoms with Gasteiger partial charge in [0.2, 0.25) is 5.88 Å². The lowest BCUT2D eigenvalue weighted by molar-refractivity contribution is 0.000989. The Bertz CT molecular complexity index is 812. The van der Waals surface area contributed by atoms with Gasteiger partial charge in [-0.3, -0.25) is 9.13 Å². The standard InChI is InChI=1S/C17H23N2O7P/c1-23-12-15(10-19-9-8-16(24-2)18-17(19)20)25-13-27(21,22)26-11-14-6-4-3-5-7-14/h3-9,15H,10-13H2,1-2H3,(H,21,22)/t15-/m0/s1. The minimum absolute atomic E-state index is 0.00518. The average molecular weight is 398 g/mol. The summed E-state index contributed by atoms with van der Waals surface area (Å²) in [6.45, 7) is 0.217. The minimum atomic E-state index is -3.97. The fraction of sp³-hybridized carbons (Fsp3) is 0.412. The quantitative estimate of drug-likeness (QED) is 0.569. The van der Waals surface area contributed by atoms with Gasteiger partial charge in [0, 0.05) is 19.4 Å². The molecule has 0 bridgehead atoms. The van der Waals surface area contributed by atoms with E-state index < -0.39 is 25.7 Å². The van der Waals surface area contributed by atoms with Crippen LogP contribution in [0.25, 0.3) is 0 Å². The molecule has 2 rings (SSSR count). The van der Waals surface area contributed by atoms with Gasteiger partial charge in [-0.25, -0.2) is 4.79 Å². The van der Waals surface area contributed by atoms with Gasteiger partial charge in [-0.1, -0.05) is 30.3 Å². The third-order valence-corrected chi connectivity index (χ3v) is 4.57. The molecule has 2 atom stereocenters. The molecule has 1 N–H and O–H groups in total. The van der Waals surface area contributed by atoms with Gasteiger partial charge in [-0.2, -0.15) is 4.98 Å². The van der Waals surface area contributed by atoms with E-state index in [1.165, 1.54) is 31.0 Å². The van der Waals surface area contributed by atoms with Crippen molar-refractivity contribution < 1.29 is 28.2 Å². The highest BCUT2D eigenvalue weighted by atomic mass is 31.2. The van der Waals surface area contributed by atoms with Crippen molar-refractivity contribution in [2.75, 3.05) is 27.2 Å². The normalized spacial score (nSPS) is 14.5. The first-order valence-corrected chi connectivity index (χ1v) is 9.92. The summed E-state index contributed by atoms with van der Waals surface area (Å²) in [5.41, 5.74) is 0.252. The van der Waals surface area contributed by atoms with Gasteiger partial charge in [-0.15, -0.1) is 0 Å². The first kappa shape index (κ1) is 21.3. The summed E-state index contributed by atoms with van der Waals surface area (Å²) in [4.78, 5) is 25.6. The zero-order valence-electron chi connectivity index (χ0n) is 15.2. The van der Waals surface area contributed by atoms with Crippen molar-refractivity contribution in [3.05, 3.63) is 58.6 Å². The summed E-state index contributed by atoms with van der Waals surface area (Å²) in [5.74, 6) is 0.203. The van der Waals surface area contributed by atoms with Gasteiger partial charge in [-0.05, 0) is 5.56 Å². The second-order valence-corrected chi connectivity index (χ2v) is 7.47. The highest BCUT2D eigenvalue weighted by molar-refractivity contribution is 7.52. The molecule has 0 amide bonds. The summed E-state index contributed by atoms with van der Waals surface area (Å²) in [7, 11) is -1.08. The molecule has 0 radical (unpaired) electrons. The molecule has 10 heteroatoms. The third-order valence-electron chi connectivity index (χ3n) is 3.56. The van der Waals surface area contributed by atoms with Crippen LogP contribution in [0, 0.1) is 0 Å². The molecule has 9 nitrogen and oxygen atoms in total. The number of hydrogen-bond acceptors (Lipinski definition) is 7. The predicted octanol–water partition coefficient (Wildman–Crippen LogP) is 1.64. The summed E-state index contributed by atoms with van der Waals surface area (Å²) in [6, 6.07) is 10.6. The smallest absolute Gasteiger partial charge is 0.353 e. The molecule has 0 aliphatic heterocycles. The molecule has 2 aromatic rings. The number of aromatic nitrogens is 2. The van der Waals surface area contributed by atoms with E-state index in [0.717, 1.165) is 5.56 Å². The van der Waals surface area contributed by atoms with Crippen LogP contribution < -0.4 is 10.4 Å². The summed E-state index contributed by atoms with van der Waals surface area (Å²) in [6.07, 6.45) is 0.347. The molecule has 27 heavy (non-hydrogen) atoms. The fourth-order valence-corrected chi connectivity index (χ4v) is 3.04. The Kier molecular flexibility index (Phi) is 8.15. The Morgan fingerprint density at radius 1 is 1.22 bits per heavy atom. The third kappa shape index (κ3) is 7.24. The lowest BCUT2D eigenvalue weighted by atomic mass is 10.2. The van der Waals surface area contributed by atoms with Crippen LogP contribution >= 0.6 is 7.60 Å². The zero-order valence-corrected chi connectivity index (χ0v) is 16.1. The van der Waals surface area contributed by atoms with Crippen molar-refractivity contribution in [2.24, 2.45) is 0 Å². The maximum atomic E-state index is 12.2. The highest BCUT2D eigenvalue weighted by Gasteiger charge is 2.23. The van der Waals surface area contributed by atoms with Crippen LogP contribution in [0.4, 0.5) is 0 Å². The summed E-state index contributed by atoms with van der Waals surface area (Å²) < 4.78 is 34.0. The predicted molar refractivity (Wildman–Crippen MR) is 97.7 cm³/mol. The minimum Gasteiger partial charge on any atom is -0.481 e. The largest absolute Gasteiger partial charge is 0.481 e. The van der Waals surface area contributed by atoms with E-state index in [1.807, 2.05) is 18.2 Å². The Hall–Kier alpha value is -2.03. The summed E-state index contributed by atoms with van der Waals surface area (Å²) >= 11 is 0. The van der Waals surface area contributed by atoms with Crippen LogP contribution in [-0.2, 0) is 31.7 Å². The molecule has 0 spiro atoms. The van der Waals surface area contributed by atoms with Crippen molar-refractivity contribution >= 4 is 7.60 Å². The van der Waals surface area contributed by atoms with Crippen LogP contribution in [0.15, 0.2) is 47.4 Å². The fourth-order valence-electron chi connectivity index (χ4n) is 2.21. The van der Waals surface area contributed by atoms with E-state index in [2.05, 4.69) is 4.98 Å². The Morgan fingerprint density at radius 2 is 1.96 bits per heavy atom. The molecule has 1 aromatic carbocycles. The zero-order chi connectivity index (χ0) is 19.7. The topological polar surface area (TPSA) is 109 Å². The van der Waals surface area contributed by atoms with E-state index in [9.17, 15) is 14.3 Å². The molecular weight excluding hydrogens is 375 g/mol. The molecule has 0 saturated heterocycles. The number of benzene rings is 1. The number of rotatable bonds is 11. The molecule has 1 aromatic heterocycles. The van der Waals surface area contributed by atoms with Crippen LogP contribution in [-0.4, -0.2) is 47.7 Å². The van der Waals surface area contributed by atoms with Gasteiger partial charge in [0.1, 0.15) is 6.35 Å². The lowest BCUT2D eigenvalue weighted by Crippen LogP contribution is -2.32. The second-order valence-electron chi connectivity index (χ2n) is 5.67. The molecule has 0 saturated carbocycles. The molecule has 1 heterocycles. The van der Waals surface area contributed by atoms with Gasteiger partial charge < -0.3 is 23.6 Å². The van der Waals surface area contributed by atoms with Gasteiger partial charge in [0.25, 0.3) is 0 Å². The molecule has 0 aliphatic rings. The van der Waals surface area contributed by atoms with E-state index in [4.69, 9.17) is 18.7 Å². The average Bonchev–Trinajstić information content (AvgIpc) is 2.67. The van der Waals surface area contributed by atoms with Gasteiger partial charge in [0.05, 0.1) is 33.0 Å². The van der Waals surface area contributed by atoms with E-state index >= 15 is 0 Å².